The quantitative estimate of drug-likeness (QED) is 0.693. The van der Waals surface area contributed by atoms with Crippen LogP contribution in [0, 0.1) is 12.7 Å². The summed E-state index contributed by atoms with van der Waals surface area (Å²) in [6.07, 6.45) is -2.05. The molecule has 1 aromatic heterocycles. The molecule has 0 aliphatic heterocycles. The van der Waals surface area contributed by atoms with Crippen molar-refractivity contribution in [1.29, 1.82) is 0 Å². The molecule has 0 radical (unpaired) electrons. The highest BCUT2D eigenvalue weighted by Crippen LogP contribution is 2.36. The third-order valence-corrected chi connectivity index (χ3v) is 4.41. The minimum absolute atomic E-state index is 0.175. The summed E-state index contributed by atoms with van der Waals surface area (Å²) in [6.45, 7) is 1.90. The number of pyridine rings is 1. The minimum atomic E-state index is -4.70. The van der Waals surface area contributed by atoms with Crippen molar-refractivity contribution in [2.24, 2.45) is 5.73 Å². The molecule has 0 atom stereocenters. The average Bonchev–Trinajstić information content (AvgIpc) is 3.33. The van der Waals surface area contributed by atoms with E-state index in [4.69, 9.17) is 5.73 Å². The number of halogens is 4. The highest BCUT2D eigenvalue weighted by molar-refractivity contribution is 5.88. The maximum atomic E-state index is 13.2. The highest BCUT2D eigenvalue weighted by Gasteiger charge is 2.45. The van der Waals surface area contributed by atoms with E-state index in [0.29, 0.717) is 35.9 Å². The van der Waals surface area contributed by atoms with Crippen molar-refractivity contribution in [3.63, 3.8) is 0 Å². The van der Waals surface area contributed by atoms with E-state index in [-0.39, 0.29) is 18.1 Å². The Bertz CT molecular complexity index is 878. The van der Waals surface area contributed by atoms with Crippen LogP contribution in [0.25, 0.3) is 0 Å². The van der Waals surface area contributed by atoms with E-state index in [9.17, 15) is 22.4 Å². The van der Waals surface area contributed by atoms with E-state index in [1.807, 2.05) is 0 Å². The number of aromatic nitrogens is 1. The van der Waals surface area contributed by atoms with Gasteiger partial charge in [-0.15, -0.1) is 0 Å². The molecule has 0 unspecified atom stereocenters. The van der Waals surface area contributed by atoms with Crippen LogP contribution in [0.1, 0.15) is 29.7 Å². The zero-order valence-corrected chi connectivity index (χ0v) is 14.5. The number of amides is 1. The van der Waals surface area contributed by atoms with Crippen molar-refractivity contribution < 1.29 is 22.4 Å². The number of carbonyl (C=O) groups is 1. The van der Waals surface area contributed by atoms with Gasteiger partial charge in [-0.1, -0.05) is 0 Å². The normalized spacial score (nSPS) is 15.3. The molecule has 1 fully saturated rings. The second kappa shape index (κ2) is 6.80. The third-order valence-electron chi connectivity index (χ3n) is 4.41. The van der Waals surface area contributed by atoms with Crippen LogP contribution in [0.3, 0.4) is 0 Å². The van der Waals surface area contributed by atoms with Gasteiger partial charge in [-0.2, -0.15) is 13.2 Å². The molecule has 4 N–H and O–H groups in total. The molecule has 144 valence electrons. The van der Waals surface area contributed by atoms with Gasteiger partial charge in [0.15, 0.2) is 0 Å². The van der Waals surface area contributed by atoms with Gasteiger partial charge in [-0.05, 0) is 49.6 Å². The summed E-state index contributed by atoms with van der Waals surface area (Å²) in [5.41, 5.74) is 5.21. The van der Waals surface area contributed by atoms with Crippen molar-refractivity contribution in [2.75, 3.05) is 5.32 Å². The fourth-order valence-electron chi connectivity index (χ4n) is 2.57. The van der Waals surface area contributed by atoms with Gasteiger partial charge in [0.25, 0.3) is 0 Å². The number of hydrogen-bond donors (Lipinski definition) is 3. The molecule has 5 nitrogen and oxygen atoms in total. The van der Waals surface area contributed by atoms with E-state index in [1.165, 1.54) is 6.20 Å². The van der Waals surface area contributed by atoms with E-state index in [0.717, 1.165) is 12.1 Å². The van der Waals surface area contributed by atoms with Crippen LogP contribution in [-0.2, 0) is 17.5 Å². The van der Waals surface area contributed by atoms with Gasteiger partial charge < -0.3 is 16.4 Å². The predicted octanol–water partition coefficient (Wildman–Crippen LogP) is 3.40. The molecular formula is C18H18F4N4O. The Kier molecular flexibility index (Phi) is 4.81. The summed E-state index contributed by atoms with van der Waals surface area (Å²) in [5.74, 6) is -1.21. The molecule has 0 saturated heterocycles. The minimum Gasteiger partial charge on any atom is -0.354 e. The molecule has 3 rings (SSSR count). The number of nitrogens with one attached hydrogen (secondary N) is 2. The van der Waals surface area contributed by atoms with Gasteiger partial charge in [0.2, 0.25) is 5.91 Å². The number of nitrogens with two attached hydrogens (primary N) is 1. The molecule has 1 aromatic carbocycles. The lowest BCUT2D eigenvalue weighted by Gasteiger charge is -2.16. The molecule has 1 heterocycles. The third kappa shape index (κ3) is 4.36. The Morgan fingerprint density at radius 1 is 1.30 bits per heavy atom. The lowest BCUT2D eigenvalue weighted by Crippen LogP contribution is -2.42. The fraction of sp³-hybridized carbons (Fsp3) is 0.333. The molecule has 0 bridgehead atoms. The fourth-order valence-corrected chi connectivity index (χ4v) is 2.57. The van der Waals surface area contributed by atoms with E-state index in [2.05, 4.69) is 15.6 Å². The second-order valence-electron chi connectivity index (χ2n) is 6.64. The summed E-state index contributed by atoms with van der Waals surface area (Å²) in [7, 11) is 0. The van der Waals surface area contributed by atoms with E-state index >= 15 is 0 Å². The molecule has 1 amide bonds. The van der Waals surface area contributed by atoms with Crippen molar-refractivity contribution >= 4 is 17.3 Å². The molecule has 27 heavy (non-hydrogen) atoms. The lowest BCUT2D eigenvalue weighted by molar-refractivity contribution is -0.137. The average molecular weight is 382 g/mol. The second-order valence-corrected chi connectivity index (χ2v) is 6.64. The zero-order valence-electron chi connectivity index (χ0n) is 14.5. The van der Waals surface area contributed by atoms with Crippen molar-refractivity contribution in [3.05, 3.63) is 53.1 Å². The Morgan fingerprint density at radius 2 is 2.00 bits per heavy atom. The van der Waals surface area contributed by atoms with Crippen LogP contribution in [0.5, 0.6) is 0 Å². The van der Waals surface area contributed by atoms with Gasteiger partial charge in [-0.25, -0.2) is 4.39 Å². The number of nitrogens with zero attached hydrogens (tertiary/aromatic N) is 1. The van der Waals surface area contributed by atoms with Gasteiger partial charge in [-0.3, -0.25) is 9.78 Å². The summed E-state index contributed by atoms with van der Waals surface area (Å²) in [5, 5.41) is 5.33. The van der Waals surface area contributed by atoms with Crippen LogP contribution in [0.15, 0.2) is 30.5 Å². The first-order chi connectivity index (χ1) is 12.6. The summed E-state index contributed by atoms with van der Waals surface area (Å²) < 4.78 is 52.4. The van der Waals surface area contributed by atoms with Crippen LogP contribution >= 0.6 is 0 Å². The topological polar surface area (TPSA) is 80.0 Å². The monoisotopic (exact) mass is 382 g/mol. The van der Waals surface area contributed by atoms with Crippen LogP contribution < -0.4 is 16.4 Å². The summed E-state index contributed by atoms with van der Waals surface area (Å²) >= 11 is 0. The first kappa shape index (κ1) is 19.1. The Hall–Kier alpha value is -2.68. The lowest BCUT2D eigenvalue weighted by atomic mass is 10.1. The summed E-state index contributed by atoms with van der Waals surface area (Å²) in [6, 6.07) is 4.01. The largest absolute Gasteiger partial charge is 0.418 e. The van der Waals surface area contributed by atoms with Crippen LogP contribution in [-0.4, -0.2) is 16.4 Å². The smallest absolute Gasteiger partial charge is 0.354 e. The van der Waals surface area contributed by atoms with Crippen molar-refractivity contribution in [3.8, 4) is 0 Å². The molecule has 1 aliphatic rings. The number of aryl methyl sites for hydroxylation is 1. The van der Waals surface area contributed by atoms with Gasteiger partial charge in [0.1, 0.15) is 5.82 Å². The summed E-state index contributed by atoms with van der Waals surface area (Å²) in [4.78, 5) is 16.1. The highest BCUT2D eigenvalue weighted by atomic mass is 19.4. The standard InChI is InChI=1S/C18H18F4N4O/c1-10-6-12(8-24-15(10)9-25-16(27)17(23)4-5-17)26-14-3-2-11(19)7-13(14)18(20,21)22/h2-3,6-8,26H,4-5,9,23H2,1H3,(H,25,27). The Morgan fingerprint density at radius 3 is 2.59 bits per heavy atom. The molecule has 1 saturated carbocycles. The number of benzene rings is 1. The molecular weight excluding hydrogens is 364 g/mol. The first-order valence-corrected chi connectivity index (χ1v) is 8.25. The molecule has 0 spiro atoms. The van der Waals surface area contributed by atoms with Gasteiger partial charge in [0.05, 0.1) is 40.9 Å². The zero-order chi connectivity index (χ0) is 19.8. The Balaban J connectivity index is 1.74. The molecule has 9 heteroatoms. The number of anilines is 2. The predicted molar refractivity (Wildman–Crippen MR) is 91.7 cm³/mol. The molecule has 2 aromatic rings. The van der Waals surface area contributed by atoms with Crippen molar-refractivity contribution in [1.82, 2.24) is 10.3 Å². The van der Waals surface area contributed by atoms with Crippen molar-refractivity contribution in [2.45, 2.75) is 38.0 Å². The SMILES string of the molecule is Cc1cc(Nc2ccc(F)cc2C(F)(F)F)cnc1CNC(=O)C1(N)CC1. The number of rotatable bonds is 5. The maximum absolute atomic E-state index is 13.2. The van der Waals surface area contributed by atoms with E-state index in [1.54, 1.807) is 13.0 Å². The Labute approximate surface area is 153 Å². The van der Waals surface area contributed by atoms with Crippen LogP contribution in [0.4, 0.5) is 28.9 Å². The number of carbonyl (C=O) groups excluding carboxylic acids is 1. The molecule has 1 aliphatic carbocycles. The van der Waals surface area contributed by atoms with Gasteiger partial charge in [0, 0.05) is 0 Å². The van der Waals surface area contributed by atoms with E-state index < -0.39 is 23.1 Å². The first-order valence-electron chi connectivity index (χ1n) is 8.25. The van der Waals surface area contributed by atoms with Gasteiger partial charge >= 0.3 is 6.18 Å². The maximum Gasteiger partial charge on any atom is 0.418 e. The van der Waals surface area contributed by atoms with Crippen LogP contribution in [0.2, 0.25) is 0 Å². The number of alkyl halides is 3. The number of hydrogen-bond acceptors (Lipinski definition) is 4.